The largest absolute Gasteiger partial charge is 0.494 e. The lowest BCUT2D eigenvalue weighted by Gasteiger charge is -2.12. The van der Waals surface area contributed by atoms with Crippen molar-refractivity contribution in [3.05, 3.63) is 35.2 Å². The number of ether oxygens (including phenoxy) is 1. The molecule has 2 amide bonds. The quantitative estimate of drug-likeness (QED) is 0.800. The summed E-state index contributed by atoms with van der Waals surface area (Å²) in [5.74, 6) is 0.579. The first-order valence-electron chi connectivity index (χ1n) is 8.24. The number of rotatable bonds is 7. The van der Waals surface area contributed by atoms with Gasteiger partial charge in [0, 0.05) is 18.2 Å². The maximum atomic E-state index is 12.5. The van der Waals surface area contributed by atoms with Crippen LogP contribution < -0.4 is 15.4 Å². The van der Waals surface area contributed by atoms with Crippen molar-refractivity contribution >= 4 is 23.2 Å². The zero-order valence-corrected chi connectivity index (χ0v) is 14.9. The molecule has 0 saturated carbocycles. The van der Waals surface area contributed by atoms with Gasteiger partial charge in [0.15, 0.2) is 0 Å². The molecule has 25 heavy (non-hydrogen) atoms. The number of nitrogens with one attached hydrogen (secondary N) is 2. The van der Waals surface area contributed by atoms with Gasteiger partial charge in [-0.3, -0.25) is 9.59 Å². The topological polar surface area (TPSA) is 93.5 Å². The minimum Gasteiger partial charge on any atom is -0.494 e. The van der Waals surface area contributed by atoms with E-state index in [1.165, 1.54) is 7.11 Å². The molecule has 7 nitrogen and oxygen atoms in total. The average molecular weight is 345 g/mol. The first kappa shape index (κ1) is 18.5. The second-order valence-corrected chi connectivity index (χ2v) is 5.58. The van der Waals surface area contributed by atoms with Crippen molar-refractivity contribution in [2.75, 3.05) is 17.7 Å². The molecule has 0 saturated heterocycles. The van der Waals surface area contributed by atoms with Crippen molar-refractivity contribution in [3.8, 4) is 5.75 Å². The molecule has 0 spiro atoms. The Labute approximate surface area is 146 Å². The molecule has 2 aromatic rings. The van der Waals surface area contributed by atoms with Crippen molar-refractivity contribution in [1.82, 2.24) is 5.16 Å². The number of carbonyl (C=O) groups is 2. The van der Waals surface area contributed by atoms with E-state index < -0.39 is 0 Å². The molecule has 0 aliphatic rings. The molecule has 0 aliphatic carbocycles. The lowest BCUT2D eigenvalue weighted by molar-refractivity contribution is -0.116. The van der Waals surface area contributed by atoms with Gasteiger partial charge in [0.25, 0.3) is 5.91 Å². The molecule has 0 aliphatic heterocycles. The minimum atomic E-state index is -0.291. The molecule has 7 heteroatoms. The van der Waals surface area contributed by atoms with Crippen molar-refractivity contribution in [2.45, 2.75) is 40.0 Å². The van der Waals surface area contributed by atoms with Crippen LogP contribution in [0.4, 0.5) is 11.4 Å². The molecule has 1 aromatic carbocycles. The number of aromatic nitrogens is 1. The van der Waals surface area contributed by atoms with Crippen molar-refractivity contribution in [3.63, 3.8) is 0 Å². The van der Waals surface area contributed by atoms with E-state index in [2.05, 4.69) is 15.8 Å². The Morgan fingerprint density at radius 2 is 2.00 bits per heavy atom. The Kier molecular flexibility index (Phi) is 6.16. The number of benzene rings is 1. The number of amides is 2. The van der Waals surface area contributed by atoms with Crippen LogP contribution in [0.1, 0.15) is 48.5 Å². The molecule has 1 aromatic heterocycles. The molecule has 0 unspecified atom stereocenters. The normalized spacial score (nSPS) is 10.4. The van der Waals surface area contributed by atoms with Crippen LogP contribution in [0.25, 0.3) is 0 Å². The summed E-state index contributed by atoms with van der Waals surface area (Å²) in [6.45, 7) is 5.55. The third-order valence-electron chi connectivity index (χ3n) is 3.71. The second-order valence-electron chi connectivity index (χ2n) is 5.58. The Morgan fingerprint density at radius 1 is 1.24 bits per heavy atom. The van der Waals surface area contributed by atoms with Crippen molar-refractivity contribution < 1.29 is 18.8 Å². The fraction of sp³-hybridized carbons (Fsp3) is 0.389. The summed E-state index contributed by atoms with van der Waals surface area (Å²) in [4.78, 5) is 24.3. The van der Waals surface area contributed by atoms with Crippen LogP contribution >= 0.6 is 0 Å². The van der Waals surface area contributed by atoms with Gasteiger partial charge in [-0.25, -0.2) is 0 Å². The molecule has 0 atom stereocenters. The highest BCUT2D eigenvalue weighted by Gasteiger charge is 2.19. The van der Waals surface area contributed by atoms with E-state index in [4.69, 9.17) is 9.26 Å². The predicted molar refractivity (Wildman–Crippen MR) is 95.1 cm³/mol. The standard InChI is InChI=1S/C18H23N3O4/c1-5-7-16(22)20-14-9-8-12(10-15(14)24-4)19-18(23)17-11(3)25-21-13(17)6-2/h8-10H,5-7H2,1-4H3,(H,19,23)(H,20,22). The van der Waals surface area contributed by atoms with E-state index in [0.717, 1.165) is 6.42 Å². The first-order valence-corrected chi connectivity index (χ1v) is 8.24. The van der Waals surface area contributed by atoms with Gasteiger partial charge in [0.1, 0.15) is 17.1 Å². The Morgan fingerprint density at radius 3 is 2.64 bits per heavy atom. The van der Waals surface area contributed by atoms with Crippen LogP contribution in [0.3, 0.4) is 0 Å². The number of hydrogen-bond donors (Lipinski definition) is 2. The highest BCUT2D eigenvalue weighted by Crippen LogP contribution is 2.29. The molecular formula is C18H23N3O4. The van der Waals surface area contributed by atoms with Crippen LogP contribution in [0, 0.1) is 6.92 Å². The summed E-state index contributed by atoms with van der Waals surface area (Å²) < 4.78 is 10.4. The SMILES string of the molecule is CCCC(=O)Nc1ccc(NC(=O)c2c(CC)noc2C)cc1OC. The van der Waals surface area contributed by atoms with Gasteiger partial charge in [-0.1, -0.05) is 19.0 Å². The Bertz CT molecular complexity index is 768. The summed E-state index contributed by atoms with van der Waals surface area (Å²) in [6.07, 6.45) is 1.81. The molecule has 134 valence electrons. The molecule has 2 rings (SSSR count). The van der Waals surface area contributed by atoms with E-state index in [1.54, 1.807) is 25.1 Å². The van der Waals surface area contributed by atoms with Gasteiger partial charge in [0.2, 0.25) is 5.91 Å². The Hall–Kier alpha value is -2.83. The summed E-state index contributed by atoms with van der Waals surface area (Å²) in [5.41, 5.74) is 2.18. The average Bonchev–Trinajstić information content (AvgIpc) is 2.97. The molecule has 1 heterocycles. The summed E-state index contributed by atoms with van der Waals surface area (Å²) in [7, 11) is 1.51. The number of carbonyl (C=O) groups excluding carboxylic acids is 2. The molecular weight excluding hydrogens is 322 g/mol. The molecule has 0 bridgehead atoms. The van der Waals surface area contributed by atoms with Crippen molar-refractivity contribution in [2.24, 2.45) is 0 Å². The summed E-state index contributed by atoms with van der Waals surface area (Å²) >= 11 is 0. The maximum absolute atomic E-state index is 12.5. The van der Waals surface area contributed by atoms with Crippen molar-refractivity contribution in [1.29, 1.82) is 0 Å². The van der Waals surface area contributed by atoms with Crippen LogP contribution in [-0.4, -0.2) is 24.1 Å². The lowest BCUT2D eigenvalue weighted by Crippen LogP contribution is -2.15. The molecule has 2 N–H and O–H groups in total. The zero-order chi connectivity index (χ0) is 18.4. The van der Waals surface area contributed by atoms with Crippen LogP contribution in [0.5, 0.6) is 5.75 Å². The molecule has 0 fully saturated rings. The lowest BCUT2D eigenvalue weighted by atomic mass is 10.1. The van der Waals surface area contributed by atoms with Crippen LogP contribution in [-0.2, 0) is 11.2 Å². The van der Waals surface area contributed by atoms with Gasteiger partial charge in [-0.15, -0.1) is 0 Å². The third-order valence-corrected chi connectivity index (χ3v) is 3.71. The second kappa shape index (κ2) is 8.32. The number of hydrogen-bond acceptors (Lipinski definition) is 5. The van der Waals surface area contributed by atoms with Gasteiger partial charge in [0.05, 0.1) is 18.5 Å². The number of anilines is 2. The van der Waals surface area contributed by atoms with E-state index in [-0.39, 0.29) is 11.8 Å². The minimum absolute atomic E-state index is 0.0785. The van der Waals surface area contributed by atoms with Crippen LogP contribution in [0.15, 0.2) is 22.7 Å². The molecule has 0 radical (unpaired) electrons. The van der Waals surface area contributed by atoms with Gasteiger partial charge < -0.3 is 19.9 Å². The van der Waals surface area contributed by atoms with Gasteiger partial charge in [-0.05, 0) is 31.9 Å². The third kappa shape index (κ3) is 4.37. The van der Waals surface area contributed by atoms with Crippen LogP contribution in [0.2, 0.25) is 0 Å². The predicted octanol–water partition coefficient (Wildman–Crippen LogP) is 3.54. The first-order chi connectivity index (χ1) is 12.0. The maximum Gasteiger partial charge on any atom is 0.261 e. The summed E-state index contributed by atoms with van der Waals surface area (Å²) in [5, 5.41) is 9.49. The van der Waals surface area contributed by atoms with Gasteiger partial charge >= 0.3 is 0 Å². The zero-order valence-electron chi connectivity index (χ0n) is 14.9. The number of aryl methyl sites for hydroxylation is 2. The van der Waals surface area contributed by atoms with E-state index in [0.29, 0.717) is 47.0 Å². The Balaban J connectivity index is 2.19. The van der Waals surface area contributed by atoms with E-state index in [1.807, 2.05) is 13.8 Å². The highest BCUT2D eigenvalue weighted by molar-refractivity contribution is 6.06. The smallest absolute Gasteiger partial charge is 0.261 e. The van der Waals surface area contributed by atoms with Gasteiger partial charge in [-0.2, -0.15) is 0 Å². The fourth-order valence-electron chi connectivity index (χ4n) is 2.46. The monoisotopic (exact) mass is 345 g/mol. The highest BCUT2D eigenvalue weighted by atomic mass is 16.5. The number of methoxy groups -OCH3 is 1. The van der Waals surface area contributed by atoms with E-state index >= 15 is 0 Å². The van der Waals surface area contributed by atoms with E-state index in [9.17, 15) is 9.59 Å². The fourth-order valence-corrected chi connectivity index (χ4v) is 2.46. The number of nitrogens with zero attached hydrogens (tertiary/aromatic N) is 1. The summed E-state index contributed by atoms with van der Waals surface area (Å²) in [6, 6.07) is 5.06.